The van der Waals surface area contributed by atoms with Crippen LogP contribution in [-0.2, 0) is 4.79 Å². The topological polar surface area (TPSA) is 41.1 Å². The summed E-state index contributed by atoms with van der Waals surface area (Å²) in [5.41, 5.74) is 0. The van der Waals surface area contributed by atoms with Gasteiger partial charge in [0.1, 0.15) is 0 Å². The van der Waals surface area contributed by atoms with Crippen LogP contribution in [0.2, 0.25) is 0 Å². The molecule has 2 rings (SSSR count). The van der Waals surface area contributed by atoms with Crippen molar-refractivity contribution in [3.05, 3.63) is 0 Å². The summed E-state index contributed by atoms with van der Waals surface area (Å²) in [6, 6.07) is 0.0742. The Kier molecular flexibility index (Phi) is 4.32. The van der Waals surface area contributed by atoms with Crippen LogP contribution in [0.4, 0.5) is 0 Å². The van der Waals surface area contributed by atoms with Crippen molar-refractivity contribution >= 4 is 17.7 Å². The SMILES string of the molecule is O=C(NCC1CCCS1)[C@@H]1CCCCN1. The Labute approximate surface area is 95.8 Å². The van der Waals surface area contributed by atoms with Gasteiger partial charge in [-0.3, -0.25) is 4.79 Å². The standard InChI is InChI=1S/C11H20N2OS/c14-11(10-5-1-2-6-12-10)13-8-9-4-3-7-15-9/h9-10,12H,1-8H2,(H,13,14)/t9?,10-/m0/s1. The van der Waals surface area contributed by atoms with Crippen molar-refractivity contribution < 1.29 is 4.79 Å². The molecule has 2 fully saturated rings. The van der Waals surface area contributed by atoms with Crippen molar-refractivity contribution in [3.8, 4) is 0 Å². The predicted octanol–water partition coefficient (Wildman–Crippen LogP) is 1.14. The Morgan fingerprint density at radius 3 is 2.93 bits per heavy atom. The normalized spacial score (nSPS) is 31.5. The third-order valence-corrected chi connectivity index (χ3v) is 4.55. The molecule has 0 aromatic rings. The fourth-order valence-corrected chi connectivity index (χ4v) is 3.42. The van der Waals surface area contributed by atoms with Gasteiger partial charge in [-0.15, -0.1) is 0 Å². The van der Waals surface area contributed by atoms with Gasteiger partial charge < -0.3 is 10.6 Å². The number of carbonyl (C=O) groups is 1. The zero-order valence-electron chi connectivity index (χ0n) is 9.13. The molecule has 2 saturated heterocycles. The van der Waals surface area contributed by atoms with E-state index in [2.05, 4.69) is 10.6 Å². The van der Waals surface area contributed by atoms with E-state index >= 15 is 0 Å². The molecule has 1 amide bonds. The highest BCUT2D eigenvalue weighted by atomic mass is 32.2. The molecule has 2 heterocycles. The lowest BCUT2D eigenvalue weighted by molar-refractivity contribution is -0.123. The number of carbonyl (C=O) groups excluding carboxylic acids is 1. The van der Waals surface area contributed by atoms with E-state index in [0.717, 1.165) is 19.5 Å². The molecule has 15 heavy (non-hydrogen) atoms. The van der Waals surface area contributed by atoms with Gasteiger partial charge in [-0.2, -0.15) is 11.8 Å². The van der Waals surface area contributed by atoms with Crippen LogP contribution in [0.5, 0.6) is 0 Å². The van der Waals surface area contributed by atoms with Crippen LogP contribution in [0.1, 0.15) is 32.1 Å². The Balaban J connectivity index is 1.66. The van der Waals surface area contributed by atoms with Gasteiger partial charge in [0.15, 0.2) is 0 Å². The number of piperidine rings is 1. The average molecular weight is 228 g/mol. The first-order valence-electron chi connectivity index (χ1n) is 5.99. The van der Waals surface area contributed by atoms with E-state index in [9.17, 15) is 4.79 Å². The zero-order valence-corrected chi connectivity index (χ0v) is 9.94. The van der Waals surface area contributed by atoms with Crippen LogP contribution in [0.25, 0.3) is 0 Å². The van der Waals surface area contributed by atoms with E-state index in [0.29, 0.717) is 5.25 Å². The summed E-state index contributed by atoms with van der Waals surface area (Å²) in [5, 5.41) is 7.01. The first-order valence-corrected chi connectivity index (χ1v) is 7.04. The molecule has 3 nitrogen and oxygen atoms in total. The number of hydrogen-bond acceptors (Lipinski definition) is 3. The number of thioether (sulfide) groups is 1. The summed E-state index contributed by atoms with van der Waals surface area (Å²) in [6.07, 6.45) is 5.98. The molecule has 0 saturated carbocycles. The smallest absolute Gasteiger partial charge is 0.237 e. The van der Waals surface area contributed by atoms with Crippen molar-refractivity contribution in [3.63, 3.8) is 0 Å². The van der Waals surface area contributed by atoms with Gasteiger partial charge in [-0.05, 0) is 38.0 Å². The van der Waals surface area contributed by atoms with Crippen LogP contribution in [0.15, 0.2) is 0 Å². The second-order valence-corrected chi connectivity index (χ2v) is 5.79. The van der Waals surface area contributed by atoms with Crippen LogP contribution in [0, 0.1) is 0 Å². The Hall–Kier alpha value is -0.220. The highest BCUT2D eigenvalue weighted by Crippen LogP contribution is 2.25. The van der Waals surface area contributed by atoms with Crippen LogP contribution in [-0.4, -0.2) is 36.0 Å². The number of nitrogens with one attached hydrogen (secondary N) is 2. The molecule has 2 aliphatic rings. The van der Waals surface area contributed by atoms with E-state index in [1.54, 1.807) is 0 Å². The number of hydrogen-bond donors (Lipinski definition) is 2. The summed E-state index contributed by atoms with van der Waals surface area (Å²) in [6.45, 7) is 1.86. The lowest BCUT2D eigenvalue weighted by Gasteiger charge is -2.23. The average Bonchev–Trinajstić information content (AvgIpc) is 2.80. The molecule has 2 N–H and O–H groups in total. The Morgan fingerprint density at radius 2 is 2.27 bits per heavy atom. The lowest BCUT2D eigenvalue weighted by atomic mass is 10.0. The van der Waals surface area contributed by atoms with E-state index in [-0.39, 0.29) is 11.9 Å². The second-order valence-electron chi connectivity index (χ2n) is 4.38. The molecule has 1 unspecified atom stereocenters. The fraction of sp³-hybridized carbons (Fsp3) is 0.909. The van der Waals surface area contributed by atoms with Gasteiger partial charge in [-0.25, -0.2) is 0 Å². The van der Waals surface area contributed by atoms with Gasteiger partial charge in [0.25, 0.3) is 0 Å². The maximum Gasteiger partial charge on any atom is 0.237 e. The molecule has 0 spiro atoms. The third kappa shape index (κ3) is 3.38. The van der Waals surface area contributed by atoms with E-state index in [1.807, 2.05) is 11.8 Å². The molecule has 2 atom stereocenters. The molecule has 86 valence electrons. The van der Waals surface area contributed by atoms with Crippen molar-refractivity contribution in [2.24, 2.45) is 0 Å². The number of rotatable bonds is 3. The van der Waals surface area contributed by atoms with Crippen molar-refractivity contribution in [2.75, 3.05) is 18.8 Å². The first-order chi connectivity index (χ1) is 7.36. The summed E-state index contributed by atoms with van der Waals surface area (Å²) in [4.78, 5) is 11.8. The van der Waals surface area contributed by atoms with Gasteiger partial charge in [0.05, 0.1) is 6.04 Å². The summed E-state index contributed by atoms with van der Waals surface area (Å²) < 4.78 is 0. The number of amides is 1. The minimum atomic E-state index is 0.0742. The van der Waals surface area contributed by atoms with Gasteiger partial charge in [-0.1, -0.05) is 6.42 Å². The van der Waals surface area contributed by atoms with E-state index in [1.165, 1.54) is 31.4 Å². The quantitative estimate of drug-likeness (QED) is 0.761. The molecule has 0 aromatic carbocycles. The van der Waals surface area contributed by atoms with Gasteiger partial charge >= 0.3 is 0 Å². The molecule has 0 bridgehead atoms. The monoisotopic (exact) mass is 228 g/mol. The highest BCUT2D eigenvalue weighted by molar-refractivity contribution is 8.00. The maximum atomic E-state index is 11.8. The van der Waals surface area contributed by atoms with Gasteiger partial charge in [0.2, 0.25) is 5.91 Å². The molecule has 0 aromatic heterocycles. The molecule has 2 aliphatic heterocycles. The van der Waals surface area contributed by atoms with Crippen LogP contribution >= 0.6 is 11.8 Å². The Morgan fingerprint density at radius 1 is 1.33 bits per heavy atom. The second kappa shape index (κ2) is 5.75. The van der Waals surface area contributed by atoms with Crippen molar-refractivity contribution in [2.45, 2.75) is 43.4 Å². The lowest BCUT2D eigenvalue weighted by Crippen LogP contribution is -2.47. The maximum absolute atomic E-state index is 11.8. The molecule has 0 aliphatic carbocycles. The summed E-state index contributed by atoms with van der Waals surface area (Å²) in [5.74, 6) is 1.48. The largest absolute Gasteiger partial charge is 0.354 e. The summed E-state index contributed by atoms with van der Waals surface area (Å²) in [7, 11) is 0. The van der Waals surface area contributed by atoms with Crippen LogP contribution in [0.3, 0.4) is 0 Å². The summed E-state index contributed by atoms with van der Waals surface area (Å²) >= 11 is 2.00. The third-order valence-electron chi connectivity index (χ3n) is 3.15. The molecule has 4 heteroatoms. The van der Waals surface area contributed by atoms with E-state index in [4.69, 9.17) is 0 Å². The minimum Gasteiger partial charge on any atom is -0.354 e. The predicted molar refractivity (Wildman–Crippen MR) is 64.1 cm³/mol. The van der Waals surface area contributed by atoms with Crippen molar-refractivity contribution in [1.82, 2.24) is 10.6 Å². The molecular formula is C11H20N2OS. The van der Waals surface area contributed by atoms with Crippen molar-refractivity contribution in [1.29, 1.82) is 0 Å². The first kappa shape index (κ1) is 11.3. The molecular weight excluding hydrogens is 208 g/mol. The minimum absolute atomic E-state index is 0.0742. The molecule has 0 radical (unpaired) electrons. The zero-order chi connectivity index (χ0) is 10.5. The van der Waals surface area contributed by atoms with Crippen LogP contribution < -0.4 is 10.6 Å². The van der Waals surface area contributed by atoms with E-state index < -0.39 is 0 Å². The van der Waals surface area contributed by atoms with Gasteiger partial charge in [0, 0.05) is 11.8 Å². The highest BCUT2D eigenvalue weighted by Gasteiger charge is 2.22. The fourth-order valence-electron chi connectivity index (χ4n) is 2.22. The Bertz CT molecular complexity index is 211.